The molecule has 0 aliphatic heterocycles. The van der Waals surface area contributed by atoms with Crippen LogP contribution in [-0.4, -0.2) is 28.9 Å². The zero-order valence-electron chi connectivity index (χ0n) is 18.1. The molecule has 0 aliphatic rings. The quantitative estimate of drug-likeness (QED) is 0.677. The number of hydrogen-bond donors (Lipinski definition) is 2. The number of nitrogens with one attached hydrogen (secondary N) is 1. The SMILES string of the molecule is Cc1ccc(COc2ccc(CCC(C#N)(CO)NC(=O)OC(C)(C)C)cc2)cc1. The maximum atomic E-state index is 12.0. The number of nitrogens with zero attached hydrogens (tertiary/aromatic N) is 1. The fourth-order valence-corrected chi connectivity index (χ4v) is 2.76. The van der Waals surface area contributed by atoms with E-state index in [0.717, 1.165) is 16.9 Å². The molecule has 2 N–H and O–H groups in total. The van der Waals surface area contributed by atoms with Crippen LogP contribution in [0.3, 0.4) is 0 Å². The van der Waals surface area contributed by atoms with Crippen LogP contribution in [0.5, 0.6) is 5.75 Å². The normalized spacial score (nSPS) is 13.1. The Balaban J connectivity index is 1.92. The number of aryl methyl sites for hydroxylation is 2. The zero-order valence-corrected chi connectivity index (χ0v) is 18.1. The summed E-state index contributed by atoms with van der Waals surface area (Å²) in [6.07, 6.45) is 0.0308. The number of alkyl carbamates (subject to hydrolysis) is 1. The van der Waals surface area contributed by atoms with Gasteiger partial charge in [-0.15, -0.1) is 0 Å². The van der Waals surface area contributed by atoms with Gasteiger partial charge in [-0.05, 0) is 63.8 Å². The van der Waals surface area contributed by atoms with Crippen molar-refractivity contribution in [3.05, 3.63) is 65.2 Å². The molecule has 2 aromatic rings. The van der Waals surface area contributed by atoms with Crippen LogP contribution in [0.1, 0.15) is 43.9 Å². The van der Waals surface area contributed by atoms with Gasteiger partial charge in [0.1, 0.15) is 18.0 Å². The summed E-state index contributed by atoms with van der Waals surface area (Å²) in [5.74, 6) is 0.750. The van der Waals surface area contributed by atoms with E-state index in [2.05, 4.69) is 17.4 Å². The Morgan fingerprint density at radius 2 is 1.67 bits per heavy atom. The fourth-order valence-electron chi connectivity index (χ4n) is 2.76. The molecule has 0 heterocycles. The van der Waals surface area contributed by atoms with E-state index in [0.29, 0.717) is 13.0 Å². The number of nitriles is 1. The van der Waals surface area contributed by atoms with Gasteiger partial charge in [0.15, 0.2) is 5.54 Å². The summed E-state index contributed by atoms with van der Waals surface area (Å²) in [5.41, 5.74) is 1.19. The second-order valence-corrected chi connectivity index (χ2v) is 8.40. The van der Waals surface area contributed by atoms with Crippen molar-refractivity contribution < 1.29 is 19.4 Å². The van der Waals surface area contributed by atoms with E-state index >= 15 is 0 Å². The molecule has 6 heteroatoms. The zero-order chi connectivity index (χ0) is 22.2. The highest BCUT2D eigenvalue weighted by molar-refractivity contribution is 5.69. The van der Waals surface area contributed by atoms with Crippen LogP contribution in [0.4, 0.5) is 4.79 Å². The topological polar surface area (TPSA) is 91.6 Å². The highest BCUT2D eigenvalue weighted by Gasteiger charge is 2.33. The van der Waals surface area contributed by atoms with Crippen molar-refractivity contribution in [2.45, 2.75) is 58.3 Å². The van der Waals surface area contributed by atoms with Gasteiger partial charge in [0.25, 0.3) is 0 Å². The van der Waals surface area contributed by atoms with Gasteiger partial charge in [-0.1, -0.05) is 42.0 Å². The van der Waals surface area contributed by atoms with E-state index in [1.807, 2.05) is 49.4 Å². The standard InChI is InChI=1S/C24H30N2O4/c1-18-5-7-20(8-6-18)15-29-21-11-9-19(10-12-21)13-14-24(16-25,17-27)26-22(28)30-23(2,3)4/h5-12,27H,13-15,17H2,1-4H3,(H,26,28). The number of rotatable bonds is 8. The number of amides is 1. The summed E-state index contributed by atoms with van der Waals surface area (Å²) in [6.45, 7) is 7.25. The molecule has 30 heavy (non-hydrogen) atoms. The molecule has 2 aromatic carbocycles. The Hall–Kier alpha value is -3.04. The monoisotopic (exact) mass is 410 g/mol. The lowest BCUT2D eigenvalue weighted by Gasteiger charge is -2.28. The van der Waals surface area contributed by atoms with Gasteiger partial charge in [0.05, 0.1) is 12.7 Å². The first kappa shape index (κ1) is 23.2. The minimum absolute atomic E-state index is 0.253. The van der Waals surface area contributed by atoms with Gasteiger partial charge in [-0.2, -0.15) is 5.26 Å². The predicted octanol–water partition coefficient (Wildman–Crippen LogP) is 4.29. The molecule has 0 radical (unpaired) electrons. The van der Waals surface area contributed by atoms with Crippen LogP contribution in [0.15, 0.2) is 48.5 Å². The van der Waals surface area contributed by atoms with Crippen molar-refractivity contribution in [3.8, 4) is 11.8 Å². The van der Waals surface area contributed by atoms with Gasteiger partial charge in [0.2, 0.25) is 0 Å². The first-order chi connectivity index (χ1) is 14.1. The number of aliphatic hydroxyl groups excluding tert-OH is 1. The fraction of sp³-hybridized carbons (Fsp3) is 0.417. The van der Waals surface area contributed by atoms with E-state index in [1.165, 1.54) is 5.56 Å². The third-order valence-corrected chi connectivity index (χ3v) is 4.51. The van der Waals surface area contributed by atoms with Gasteiger partial charge in [-0.3, -0.25) is 0 Å². The molecule has 0 fully saturated rings. The first-order valence-electron chi connectivity index (χ1n) is 9.95. The number of carbonyl (C=O) groups excluding carboxylic acids is 1. The Morgan fingerprint density at radius 1 is 1.07 bits per heavy atom. The minimum atomic E-state index is -1.40. The predicted molar refractivity (Wildman–Crippen MR) is 115 cm³/mol. The molecule has 1 unspecified atom stereocenters. The molecular weight excluding hydrogens is 380 g/mol. The average molecular weight is 411 g/mol. The summed E-state index contributed by atoms with van der Waals surface area (Å²) in [7, 11) is 0. The second kappa shape index (κ2) is 10.1. The lowest BCUT2D eigenvalue weighted by Crippen LogP contribution is -2.52. The summed E-state index contributed by atoms with van der Waals surface area (Å²) < 4.78 is 11.0. The van der Waals surface area contributed by atoms with Crippen molar-refractivity contribution in [1.82, 2.24) is 5.32 Å². The number of aliphatic hydroxyl groups is 1. The van der Waals surface area contributed by atoms with E-state index in [9.17, 15) is 15.2 Å². The first-order valence-corrected chi connectivity index (χ1v) is 9.95. The van der Waals surface area contributed by atoms with Crippen molar-refractivity contribution in [3.63, 3.8) is 0 Å². The molecule has 0 aromatic heterocycles. The van der Waals surface area contributed by atoms with Crippen LogP contribution < -0.4 is 10.1 Å². The summed E-state index contributed by atoms with van der Waals surface area (Å²) in [6, 6.07) is 17.8. The summed E-state index contributed by atoms with van der Waals surface area (Å²) in [4.78, 5) is 12.0. The molecule has 6 nitrogen and oxygen atoms in total. The van der Waals surface area contributed by atoms with Crippen molar-refractivity contribution in [2.75, 3.05) is 6.61 Å². The Labute approximate surface area is 178 Å². The van der Waals surface area contributed by atoms with Crippen molar-refractivity contribution in [2.24, 2.45) is 0 Å². The van der Waals surface area contributed by atoms with Crippen LogP contribution in [0, 0.1) is 18.3 Å². The number of benzene rings is 2. The van der Waals surface area contributed by atoms with Crippen molar-refractivity contribution in [1.29, 1.82) is 5.26 Å². The molecular formula is C24H30N2O4. The smallest absolute Gasteiger partial charge is 0.408 e. The van der Waals surface area contributed by atoms with Crippen LogP contribution >= 0.6 is 0 Å². The van der Waals surface area contributed by atoms with Gasteiger partial charge >= 0.3 is 6.09 Å². The third-order valence-electron chi connectivity index (χ3n) is 4.51. The lowest BCUT2D eigenvalue weighted by atomic mass is 9.93. The highest BCUT2D eigenvalue weighted by Crippen LogP contribution is 2.19. The van der Waals surface area contributed by atoms with Crippen LogP contribution in [-0.2, 0) is 17.8 Å². The second-order valence-electron chi connectivity index (χ2n) is 8.40. The molecule has 0 spiro atoms. The Kier molecular flexibility index (Phi) is 7.85. The highest BCUT2D eigenvalue weighted by atomic mass is 16.6. The summed E-state index contributed by atoms with van der Waals surface area (Å²) in [5, 5.41) is 21.8. The Bertz CT molecular complexity index is 864. The molecule has 1 atom stereocenters. The number of carbonyl (C=O) groups is 1. The average Bonchev–Trinajstić information content (AvgIpc) is 2.70. The summed E-state index contributed by atoms with van der Waals surface area (Å²) >= 11 is 0. The maximum Gasteiger partial charge on any atom is 0.408 e. The van der Waals surface area contributed by atoms with E-state index < -0.39 is 23.8 Å². The van der Waals surface area contributed by atoms with E-state index in [1.54, 1.807) is 20.8 Å². The molecule has 0 saturated carbocycles. The van der Waals surface area contributed by atoms with E-state index in [4.69, 9.17) is 9.47 Å². The lowest BCUT2D eigenvalue weighted by molar-refractivity contribution is 0.0438. The largest absolute Gasteiger partial charge is 0.489 e. The van der Waals surface area contributed by atoms with Crippen molar-refractivity contribution >= 4 is 6.09 Å². The maximum absolute atomic E-state index is 12.0. The van der Waals surface area contributed by atoms with Crippen LogP contribution in [0.2, 0.25) is 0 Å². The number of hydrogen-bond acceptors (Lipinski definition) is 5. The van der Waals surface area contributed by atoms with Gasteiger partial charge in [0, 0.05) is 0 Å². The Morgan fingerprint density at radius 3 is 2.20 bits per heavy atom. The van der Waals surface area contributed by atoms with Crippen LogP contribution in [0.25, 0.3) is 0 Å². The molecule has 0 saturated heterocycles. The molecule has 2 rings (SSSR count). The molecule has 0 bridgehead atoms. The molecule has 1 amide bonds. The number of ether oxygens (including phenoxy) is 2. The third kappa shape index (κ3) is 7.41. The van der Waals surface area contributed by atoms with Gasteiger partial charge < -0.3 is 19.9 Å². The molecule has 0 aliphatic carbocycles. The van der Waals surface area contributed by atoms with E-state index in [-0.39, 0.29) is 6.42 Å². The minimum Gasteiger partial charge on any atom is -0.489 e. The van der Waals surface area contributed by atoms with Gasteiger partial charge in [-0.25, -0.2) is 4.79 Å². The molecule has 160 valence electrons.